The van der Waals surface area contributed by atoms with Gasteiger partial charge in [-0.2, -0.15) is 0 Å². The fraction of sp³-hybridized carbons (Fsp3) is 0.381. The van der Waals surface area contributed by atoms with Crippen LogP contribution in [0.25, 0.3) is 21.7 Å². The fourth-order valence-corrected chi connectivity index (χ4v) is 3.64. The molecule has 0 saturated carbocycles. The lowest BCUT2D eigenvalue weighted by atomic mass is 10.0. The molecule has 0 aliphatic carbocycles. The lowest BCUT2D eigenvalue weighted by molar-refractivity contribution is 0.175. The largest absolute Gasteiger partial charge is 0.488 e. The molecule has 2 aromatic heterocycles. The number of nitrogens with one attached hydrogen (secondary N) is 1. The van der Waals surface area contributed by atoms with Gasteiger partial charge in [0, 0.05) is 18.6 Å². The van der Waals surface area contributed by atoms with Crippen LogP contribution < -0.4 is 15.6 Å². The summed E-state index contributed by atoms with van der Waals surface area (Å²) in [5.41, 5.74) is 0.388. The highest BCUT2D eigenvalue weighted by molar-refractivity contribution is 6.06. The van der Waals surface area contributed by atoms with Gasteiger partial charge in [-0.05, 0) is 42.8 Å². The first kappa shape index (κ1) is 20.6. The third-order valence-corrected chi connectivity index (χ3v) is 4.89. The highest BCUT2D eigenvalue weighted by atomic mass is 19.1. The van der Waals surface area contributed by atoms with Crippen LogP contribution >= 0.6 is 0 Å². The molecule has 0 aliphatic heterocycles. The van der Waals surface area contributed by atoms with Gasteiger partial charge in [0.1, 0.15) is 6.61 Å². The average molecular weight is 401 g/mol. The first-order chi connectivity index (χ1) is 13.7. The van der Waals surface area contributed by atoms with Crippen LogP contribution in [0.4, 0.5) is 9.18 Å². The molecule has 2 heterocycles. The van der Waals surface area contributed by atoms with Gasteiger partial charge in [0.2, 0.25) is 0 Å². The van der Waals surface area contributed by atoms with Crippen LogP contribution in [0.15, 0.2) is 29.2 Å². The number of fused-ring (bicyclic) bond motifs is 3. The highest BCUT2D eigenvalue weighted by Gasteiger charge is 2.19. The van der Waals surface area contributed by atoms with Crippen LogP contribution in [0.3, 0.4) is 0 Å². The van der Waals surface area contributed by atoms with E-state index in [0.29, 0.717) is 28.3 Å². The Balaban J connectivity index is 2.04. The van der Waals surface area contributed by atoms with Gasteiger partial charge in [-0.15, -0.1) is 0 Å². The summed E-state index contributed by atoms with van der Waals surface area (Å²) in [6, 6.07) is 4.43. The second-order valence-corrected chi connectivity index (χ2v) is 7.54. The monoisotopic (exact) mass is 401 g/mol. The Kier molecular flexibility index (Phi) is 5.72. The number of aromatic nitrogens is 2. The molecule has 0 spiro atoms. The van der Waals surface area contributed by atoms with Crippen molar-refractivity contribution >= 4 is 27.8 Å². The smallest absolute Gasteiger partial charge is 0.404 e. The predicted molar refractivity (Wildman–Crippen MR) is 109 cm³/mol. The Morgan fingerprint density at radius 3 is 2.69 bits per heavy atom. The maximum absolute atomic E-state index is 15.3. The SMILES string of the molecule is Cc1nccc2c1c(=O)n(C)c1c(F)c(OCC(CC(C)C)NC(=O)O)ccc21. The molecule has 1 amide bonds. The van der Waals surface area contributed by atoms with E-state index < -0.39 is 18.0 Å². The number of carbonyl (C=O) groups is 1. The van der Waals surface area contributed by atoms with Crippen molar-refractivity contribution in [2.24, 2.45) is 13.0 Å². The van der Waals surface area contributed by atoms with Gasteiger partial charge < -0.3 is 19.7 Å². The number of aryl methyl sites for hydroxylation is 2. The van der Waals surface area contributed by atoms with E-state index in [2.05, 4.69) is 10.3 Å². The normalized spacial score (nSPS) is 12.5. The maximum atomic E-state index is 15.3. The van der Waals surface area contributed by atoms with Gasteiger partial charge in [-0.25, -0.2) is 9.18 Å². The minimum Gasteiger partial charge on any atom is -0.488 e. The van der Waals surface area contributed by atoms with Crippen molar-refractivity contribution in [2.45, 2.75) is 33.2 Å². The molecule has 0 bridgehead atoms. The van der Waals surface area contributed by atoms with E-state index in [1.54, 1.807) is 25.3 Å². The molecule has 3 aromatic rings. The topological polar surface area (TPSA) is 93.5 Å². The Morgan fingerprint density at radius 2 is 2.03 bits per heavy atom. The Bertz CT molecular complexity index is 1140. The van der Waals surface area contributed by atoms with Gasteiger partial charge in [0.15, 0.2) is 11.6 Å². The molecular formula is C21H24FN3O4. The molecule has 154 valence electrons. The van der Waals surface area contributed by atoms with Gasteiger partial charge in [0.05, 0.1) is 22.6 Å². The van der Waals surface area contributed by atoms with Crippen molar-refractivity contribution in [2.75, 3.05) is 6.61 Å². The molecule has 8 heteroatoms. The zero-order valence-electron chi connectivity index (χ0n) is 16.8. The Labute approximate surface area is 167 Å². The van der Waals surface area contributed by atoms with Crippen molar-refractivity contribution in [3.05, 3.63) is 46.3 Å². The van der Waals surface area contributed by atoms with Crippen molar-refractivity contribution in [1.29, 1.82) is 0 Å². The molecule has 2 N–H and O–H groups in total. The second kappa shape index (κ2) is 8.06. The zero-order chi connectivity index (χ0) is 21.3. The van der Waals surface area contributed by atoms with Crippen molar-refractivity contribution in [1.82, 2.24) is 14.9 Å². The average Bonchev–Trinajstić information content (AvgIpc) is 2.63. The standard InChI is InChI=1S/C21H24FN3O4/c1-11(2)9-13(24-21(27)28)10-29-16-6-5-15-14-7-8-23-12(3)17(14)20(26)25(4)19(15)18(16)22/h5-8,11,13,24H,9-10H2,1-4H3,(H,27,28). The van der Waals surface area contributed by atoms with Crippen LogP contribution in [0.1, 0.15) is 26.0 Å². The van der Waals surface area contributed by atoms with E-state index in [1.165, 1.54) is 17.7 Å². The molecule has 0 saturated heterocycles. The van der Waals surface area contributed by atoms with Crippen molar-refractivity contribution in [3.8, 4) is 5.75 Å². The number of halogens is 1. The van der Waals surface area contributed by atoms with E-state index in [-0.39, 0.29) is 29.4 Å². The Hall–Kier alpha value is -3.16. The molecule has 29 heavy (non-hydrogen) atoms. The van der Waals surface area contributed by atoms with Crippen molar-refractivity contribution in [3.63, 3.8) is 0 Å². The number of ether oxygens (including phenoxy) is 1. The molecule has 1 aromatic carbocycles. The summed E-state index contributed by atoms with van der Waals surface area (Å²) in [4.78, 5) is 27.9. The molecule has 1 unspecified atom stereocenters. The lowest BCUT2D eigenvalue weighted by Gasteiger charge is -2.20. The van der Waals surface area contributed by atoms with E-state index in [9.17, 15) is 9.59 Å². The number of benzene rings is 1. The number of rotatable bonds is 6. The van der Waals surface area contributed by atoms with E-state index in [4.69, 9.17) is 9.84 Å². The number of hydrogen-bond donors (Lipinski definition) is 2. The van der Waals surface area contributed by atoms with Crippen LogP contribution in [0.5, 0.6) is 5.75 Å². The first-order valence-corrected chi connectivity index (χ1v) is 9.39. The number of carboxylic acid groups (broad SMARTS) is 1. The highest BCUT2D eigenvalue weighted by Crippen LogP contribution is 2.30. The number of hydrogen-bond acceptors (Lipinski definition) is 4. The van der Waals surface area contributed by atoms with Crippen molar-refractivity contribution < 1.29 is 19.0 Å². The molecule has 0 aliphatic rings. The van der Waals surface area contributed by atoms with Gasteiger partial charge in [-0.1, -0.05) is 13.8 Å². The second-order valence-electron chi connectivity index (χ2n) is 7.54. The van der Waals surface area contributed by atoms with Crippen LogP contribution in [0, 0.1) is 18.7 Å². The summed E-state index contributed by atoms with van der Waals surface area (Å²) >= 11 is 0. The molecule has 0 radical (unpaired) electrons. The summed E-state index contributed by atoms with van der Waals surface area (Å²) in [5, 5.41) is 13.1. The number of pyridine rings is 2. The third kappa shape index (κ3) is 4.01. The third-order valence-electron chi connectivity index (χ3n) is 4.89. The van der Waals surface area contributed by atoms with Gasteiger partial charge in [0.25, 0.3) is 5.56 Å². The van der Waals surface area contributed by atoms with E-state index in [0.717, 1.165) is 0 Å². The quantitative estimate of drug-likeness (QED) is 0.616. The molecule has 0 fully saturated rings. The molecule has 7 nitrogen and oxygen atoms in total. The first-order valence-electron chi connectivity index (χ1n) is 9.39. The van der Waals surface area contributed by atoms with Gasteiger partial charge in [-0.3, -0.25) is 9.78 Å². The fourth-order valence-electron chi connectivity index (χ4n) is 3.64. The van der Waals surface area contributed by atoms with Gasteiger partial charge >= 0.3 is 6.09 Å². The summed E-state index contributed by atoms with van der Waals surface area (Å²) < 4.78 is 22.1. The summed E-state index contributed by atoms with van der Waals surface area (Å²) in [7, 11) is 1.51. The van der Waals surface area contributed by atoms with E-state index >= 15 is 4.39 Å². The number of nitrogens with zero attached hydrogens (tertiary/aromatic N) is 2. The lowest BCUT2D eigenvalue weighted by Crippen LogP contribution is -2.39. The van der Waals surface area contributed by atoms with Crippen LogP contribution in [0.2, 0.25) is 0 Å². The van der Waals surface area contributed by atoms with Crippen LogP contribution in [-0.2, 0) is 7.05 Å². The predicted octanol–water partition coefficient (Wildman–Crippen LogP) is 3.60. The number of amides is 1. The summed E-state index contributed by atoms with van der Waals surface area (Å²) in [5.74, 6) is -0.448. The molecular weight excluding hydrogens is 377 g/mol. The molecule has 1 atom stereocenters. The summed E-state index contributed by atoms with van der Waals surface area (Å²) in [6.07, 6.45) is 0.986. The Morgan fingerprint density at radius 1 is 1.31 bits per heavy atom. The minimum absolute atomic E-state index is 0.0164. The maximum Gasteiger partial charge on any atom is 0.404 e. The van der Waals surface area contributed by atoms with Crippen LogP contribution in [-0.4, -0.2) is 33.4 Å². The zero-order valence-corrected chi connectivity index (χ0v) is 16.8. The summed E-state index contributed by atoms with van der Waals surface area (Å²) in [6.45, 7) is 5.65. The minimum atomic E-state index is -1.16. The molecule has 3 rings (SSSR count). The van der Waals surface area contributed by atoms with E-state index in [1.807, 2.05) is 13.8 Å².